The minimum absolute atomic E-state index is 0.647. The number of hydrogen-bond acceptors (Lipinski definition) is 5. The number of hydrogen-bond donors (Lipinski definition) is 1. The highest BCUT2D eigenvalue weighted by atomic mass is 16.5. The Morgan fingerprint density at radius 2 is 2.21 bits per heavy atom. The van der Waals surface area contributed by atoms with E-state index < -0.39 is 0 Å². The van der Waals surface area contributed by atoms with Crippen molar-refractivity contribution in [3.8, 4) is 5.88 Å². The van der Waals surface area contributed by atoms with Gasteiger partial charge in [0.15, 0.2) is 0 Å². The molecule has 0 saturated heterocycles. The monoisotopic (exact) mass is 266 g/mol. The highest BCUT2D eigenvalue weighted by molar-refractivity contribution is 5.30. The fourth-order valence-corrected chi connectivity index (χ4v) is 1.54. The van der Waals surface area contributed by atoms with Crippen LogP contribution >= 0.6 is 0 Å². The molecule has 0 bridgehead atoms. The maximum Gasteiger partial charge on any atom is 0.228 e. The first-order valence-corrected chi connectivity index (χ1v) is 7.01. The van der Waals surface area contributed by atoms with Crippen molar-refractivity contribution in [1.82, 2.24) is 15.3 Å². The smallest absolute Gasteiger partial charge is 0.228 e. The fraction of sp³-hybridized carbons (Fsp3) is 0.714. The second-order valence-electron chi connectivity index (χ2n) is 5.06. The molecular formula is C14H26N4O. The van der Waals surface area contributed by atoms with Crippen LogP contribution in [0.3, 0.4) is 0 Å². The highest BCUT2D eigenvalue weighted by Gasteiger charge is 2.05. The van der Waals surface area contributed by atoms with Gasteiger partial charge in [-0.2, -0.15) is 4.98 Å². The van der Waals surface area contributed by atoms with Crippen molar-refractivity contribution in [3.05, 3.63) is 12.3 Å². The first-order valence-electron chi connectivity index (χ1n) is 7.01. The molecular weight excluding hydrogens is 240 g/mol. The fourth-order valence-electron chi connectivity index (χ4n) is 1.54. The molecule has 5 heteroatoms. The third-order valence-corrected chi connectivity index (χ3v) is 2.59. The van der Waals surface area contributed by atoms with Crippen LogP contribution in [0.5, 0.6) is 5.88 Å². The predicted molar refractivity (Wildman–Crippen MR) is 78.8 cm³/mol. The Morgan fingerprint density at radius 3 is 2.89 bits per heavy atom. The molecule has 1 aromatic rings. The molecule has 0 fully saturated rings. The zero-order valence-electron chi connectivity index (χ0n) is 12.5. The van der Waals surface area contributed by atoms with Gasteiger partial charge in [-0.25, -0.2) is 4.98 Å². The van der Waals surface area contributed by atoms with Gasteiger partial charge >= 0.3 is 0 Å². The molecule has 5 nitrogen and oxygen atoms in total. The Bertz CT molecular complexity index is 357. The SMILES string of the molecule is CCCOc1ccnc(N(C)CCNCC(C)C)n1. The summed E-state index contributed by atoms with van der Waals surface area (Å²) in [6.45, 7) is 10.0. The number of aromatic nitrogens is 2. The molecule has 19 heavy (non-hydrogen) atoms. The molecule has 0 aliphatic rings. The van der Waals surface area contributed by atoms with E-state index in [1.54, 1.807) is 12.3 Å². The zero-order valence-corrected chi connectivity index (χ0v) is 12.5. The largest absolute Gasteiger partial charge is 0.478 e. The van der Waals surface area contributed by atoms with Gasteiger partial charge in [-0.15, -0.1) is 0 Å². The summed E-state index contributed by atoms with van der Waals surface area (Å²) in [6, 6.07) is 1.80. The number of ether oxygens (including phenoxy) is 1. The molecule has 1 N–H and O–H groups in total. The Labute approximate surface area is 116 Å². The third kappa shape index (κ3) is 6.38. The molecule has 0 aliphatic heterocycles. The lowest BCUT2D eigenvalue weighted by Gasteiger charge is -2.18. The summed E-state index contributed by atoms with van der Waals surface area (Å²) in [5, 5.41) is 3.41. The molecule has 0 aromatic carbocycles. The van der Waals surface area contributed by atoms with Crippen LogP contribution in [0, 0.1) is 5.92 Å². The van der Waals surface area contributed by atoms with Crippen molar-refractivity contribution < 1.29 is 4.74 Å². The van der Waals surface area contributed by atoms with Gasteiger partial charge in [-0.3, -0.25) is 0 Å². The first-order chi connectivity index (χ1) is 9.13. The first kappa shape index (κ1) is 15.7. The van der Waals surface area contributed by atoms with Crippen molar-refractivity contribution in [2.24, 2.45) is 5.92 Å². The molecule has 1 aromatic heterocycles. The van der Waals surface area contributed by atoms with E-state index in [9.17, 15) is 0 Å². The molecule has 0 radical (unpaired) electrons. The maximum atomic E-state index is 5.51. The van der Waals surface area contributed by atoms with Gasteiger partial charge in [0.2, 0.25) is 11.8 Å². The Balaban J connectivity index is 2.40. The minimum atomic E-state index is 0.647. The van der Waals surface area contributed by atoms with Gasteiger partial charge in [-0.1, -0.05) is 20.8 Å². The maximum absolute atomic E-state index is 5.51. The van der Waals surface area contributed by atoms with Crippen molar-refractivity contribution in [2.45, 2.75) is 27.2 Å². The third-order valence-electron chi connectivity index (χ3n) is 2.59. The summed E-state index contributed by atoms with van der Waals surface area (Å²) in [5.41, 5.74) is 0. The van der Waals surface area contributed by atoms with Crippen LogP contribution in [-0.4, -0.2) is 43.3 Å². The molecule has 0 amide bonds. The Kier molecular flexibility index (Phi) is 7.18. The van der Waals surface area contributed by atoms with Crippen LogP contribution in [0.2, 0.25) is 0 Å². The standard InChI is InChI=1S/C14H26N4O/c1-5-10-19-13-6-7-16-14(17-13)18(4)9-8-15-11-12(2)3/h6-7,12,15H,5,8-11H2,1-4H3. The van der Waals surface area contributed by atoms with Crippen LogP contribution in [-0.2, 0) is 0 Å². The second kappa shape index (κ2) is 8.69. The molecule has 1 rings (SSSR count). The van der Waals surface area contributed by atoms with E-state index in [-0.39, 0.29) is 0 Å². The van der Waals surface area contributed by atoms with Gasteiger partial charge < -0.3 is 15.0 Å². The van der Waals surface area contributed by atoms with E-state index in [2.05, 4.69) is 36.1 Å². The van der Waals surface area contributed by atoms with Crippen LogP contribution in [0.25, 0.3) is 0 Å². The minimum Gasteiger partial charge on any atom is -0.478 e. The molecule has 0 saturated carbocycles. The number of nitrogens with zero attached hydrogens (tertiary/aromatic N) is 3. The number of likely N-dealkylation sites (N-methyl/N-ethyl adjacent to an activating group) is 1. The van der Waals surface area contributed by atoms with Crippen molar-refractivity contribution in [3.63, 3.8) is 0 Å². The van der Waals surface area contributed by atoms with Crippen molar-refractivity contribution in [1.29, 1.82) is 0 Å². The molecule has 0 unspecified atom stereocenters. The van der Waals surface area contributed by atoms with Gasteiger partial charge in [-0.05, 0) is 18.9 Å². The summed E-state index contributed by atoms with van der Waals surface area (Å²) in [5.74, 6) is 2.03. The summed E-state index contributed by atoms with van der Waals surface area (Å²) >= 11 is 0. The van der Waals surface area contributed by atoms with E-state index in [1.807, 2.05) is 11.9 Å². The van der Waals surface area contributed by atoms with E-state index in [0.29, 0.717) is 24.4 Å². The van der Waals surface area contributed by atoms with Gasteiger partial charge in [0.1, 0.15) is 0 Å². The molecule has 108 valence electrons. The molecule has 1 heterocycles. The molecule has 0 spiro atoms. The van der Waals surface area contributed by atoms with Crippen LogP contribution < -0.4 is 15.0 Å². The quantitative estimate of drug-likeness (QED) is 0.692. The van der Waals surface area contributed by atoms with Gasteiger partial charge in [0.05, 0.1) is 6.61 Å². The summed E-state index contributed by atoms with van der Waals surface area (Å²) in [6.07, 6.45) is 2.72. The summed E-state index contributed by atoms with van der Waals surface area (Å²) in [7, 11) is 2.00. The normalized spacial score (nSPS) is 10.8. The Hall–Kier alpha value is -1.36. The lowest BCUT2D eigenvalue weighted by atomic mass is 10.2. The molecule has 0 atom stereocenters. The van der Waals surface area contributed by atoms with Gasteiger partial charge in [0.25, 0.3) is 0 Å². The number of rotatable bonds is 9. The van der Waals surface area contributed by atoms with Crippen molar-refractivity contribution >= 4 is 5.95 Å². The number of anilines is 1. The number of nitrogens with one attached hydrogen (secondary N) is 1. The van der Waals surface area contributed by atoms with Crippen LogP contribution in [0.4, 0.5) is 5.95 Å². The van der Waals surface area contributed by atoms with Crippen LogP contribution in [0.15, 0.2) is 12.3 Å². The van der Waals surface area contributed by atoms with E-state index in [4.69, 9.17) is 4.74 Å². The average Bonchev–Trinajstić information content (AvgIpc) is 2.41. The summed E-state index contributed by atoms with van der Waals surface area (Å²) < 4.78 is 5.51. The predicted octanol–water partition coefficient (Wildman–Crippen LogP) is 1.95. The Morgan fingerprint density at radius 1 is 1.42 bits per heavy atom. The van der Waals surface area contributed by atoms with Crippen molar-refractivity contribution in [2.75, 3.05) is 38.2 Å². The average molecular weight is 266 g/mol. The highest BCUT2D eigenvalue weighted by Crippen LogP contribution is 2.11. The van der Waals surface area contributed by atoms with E-state index >= 15 is 0 Å². The zero-order chi connectivity index (χ0) is 14.1. The van der Waals surface area contributed by atoms with E-state index in [0.717, 1.165) is 26.1 Å². The van der Waals surface area contributed by atoms with E-state index in [1.165, 1.54) is 0 Å². The topological polar surface area (TPSA) is 50.3 Å². The lowest BCUT2D eigenvalue weighted by molar-refractivity contribution is 0.305. The van der Waals surface area contributed by atoms with Crippen LogP contribution in [0.1, 0.15) is 27.2 Å². The lowest BCUT2D eigenvalue weighted by Crippen LogP contribution is -2.31. The second-order valence-corrected chi connectivity index (χ2v) is 5.06. The van der Waals surface area contributed by atoms with Gasteiger partial charge in [0, 0.05) is 32.4 Å². The molecule has 0 aliphatic carbocycles. The summed E-state index contributed by atoms with van der Waals surface area (Å²) in [4.78, 5) is 10.7.